The highest BCUT2D eigenvalue weighted by Crippen LogP contribution is 2.23. The fourth-order valence-corrected chi connectivity index (χ4v) is 2.77. The van der Waals surface area contributed by atoms with Crippen LogP contribution in [0.4, 0.5) is 11.4 Å². The number of rotatable bonds is 5. The highest BCUT2D eigenvalue weighted by atomic mass is 32.2. The normalized spacial score (nSPS) is 11.0. The number of hydrogen-bond donors (Lipinski definition) is 2. The zero-order chi connectivity index (χ0) is 17.2. The lowest BCUT2D eigenvalue weighted by Gasteiger charge is -2.13. The highest BCUT2D eigenvalue weighted by molar-refractivity contribution is 7.92. The molecule has 0 unspecified atom stereocenters. The Labute approximate surface area is 130 Å². The molecule has 0 heterocycles. The van der Waals surface area contributed by atoms with E-state index >= 15 is 0 Å². The highest BCUT2D eigenvalue weighted by Gasteiger charge is 2.17. The molecule has 0 saturated carbocycles. The van der Waals surface area contributed by atoms with Gasteiger partial charge >= 0.3 is 5.97 Å². The van der Waals surface area contributed by atoms with Gasteiger partial charge in [-0.25, -0.2) is 13.2 Å². The van der Waals surface area contributed by atoms with E-state index in [0.717, 1.165) is 42.5 Å². The van der Waals surface area contributed by atoms with Crippen LogP contribution >= 0.6 is 0 Å². The lowest BCUT2D eigenvalue weighted by atomic mass is 10.2. The van der Waals surface area contributed by atoms with Gasteiger partial charge in [-0.15, -0.1) is 0 Å². The van der Waals surface area contributed by atoms with Gasteiger partial charge in [0, 0.05) is 17.8 Å². The van der Waals surface area contributed by atoms with Crippen LogP contribution < -0.4 is 9.83 Å². The number of benzene rings is 2. The fourth-order valence-electron chi connectivity index (χ4n) is 1.72. The van der Waals surface area contributed by atoms with E-state index in [1.165, 1.54) is 0 Å². The number of nitrogens with one attached hydrogen (secondary N) is 1. The minimum atomic E-state index is -4.08. The molecule has 0 aliphatic carbocycles. The maximum absolute atomic E-state index is 12.1. The summed E-state index contributed by atoms with van der Waals surface area (Å²) in [7, 11) is -4.08. The average Bonchev–Trinajstić information content (AvgIpc) is 2.48. The Hall–Kier alpha value is -3.14. The minimum Gasteiger partial charge on any atom is -0.872 e. The van der Waals surface area contributed by atoms with E-state index in [9.17, 15) is 28.4 Å². The van der Waals surface area contributed by atoms with Crippen molar-refractivity contribution in [3.63, 3.8) is 0 Å². The maximum Gasteiger partial charge on any atom is 0.335 e. The number of hydrogen-bond acceptors (Lipinski definition) is 6. The van der Waals surface area contributed by atoms with Crippen LogP contribution in [0.3, 0.4) is 0 Å². The molecule has 2 aromatic rings. The summed E-state index contributed by atoms with van der Waals surface area (Å²) in [6.45, 7) is 0. The molecule has 0 fully saturated rings. The molecule has 0 atom stereocenters. The van der Waals surface area contributed by atoms with Gasteiger partial charge in [0.1, 0.15) is 0 Å². The third-order valence-corrected chi connectivity index (χ3v) is 4.22. The first-order valence-electron chi connectivity index (χ1n) is 6.02. The molecule has 2 aromatic carbocycles. The van der Waals surface area contributed by atoms with E-state index in [1.54, 1.807) is 0 Å². The van der Waals surface area contributed by atoms with E-state index in [2.05, 4.69) is 4.72 Å². The van der Waals surface area contributed by atoms with Gasteiger partial charge < -0.3 is 10.2 Å². The molecular weight excluding hydrogens is 328 g/mol. The molecule has 0 aromatic heterocycles. The van der Waals surface area contributed by atoms with Gasteiger partial charge in [-0.1, -0.05) is 11.8 Å². The van der Waals surface area contributed by atoms with Crippen LogP contribution in [-0.4, -0.2) is 24.4 Å². The van der Waals surface area contributed by atoms with E-state index in [4.69, 9.17) is 5.11 Å². The molecular formula is C13H9N2O7S-. The van der Waals surface area contributed by atoms with Crippen molar-refractivity contribution in [2.75, 3.05) is 4.72 Å². The third-order valence-electron chi connectivity index (χ3n) is 2.82. The summed E-state index contributed by atoms with van der Waals surface area (Å²) in [6, 6.07) is 7.08. The summed E-state index contributed by atoms with van der Waals surface area (Å²) in [5.41, 5.74) is -0.956. The summed E-state index contributed by atoms with van der Waals surface area (Å²) in [5.74, 6) is -2.23. The molecule has 9 nitrogen and oxygen atoms in total. The van der Waals surface area contributed by atoms with Crippen molar-refractivity contribution in [1.82, 2.24) is 0 Å². The number of carboxylic acids is 1. The Morgan fingerprint density at radius 3 is 2.26 bits per heavy atom. The Balaban J connectivity index is 2.33. The van der Waals surface area contributed by atoms with Crippen LogP contribution in [0.1, 0.15) is 10.4 Å². The number of sulfonamides is 1. The predicted molar refractivity (Wildman–Crippen MR) is 76.8 cm³/mol. The number of carboxylic acid groups (broad SMARTS) is 1. The van der Waals surface area contributed by atoms with Crippen LogP contribution in [0, 0.1) is 10.1 Å². The van der Waals surface area contributed by atoms with Gasteiger partial charge in [0.15, 0.2) is 0 Å². The topological polar surface area (TPSA) is 150 Å². The van der Waals surface area contributed by atoms with Gasteiger partial charge in [-0.05, 0) is 24.3 Å². The molecule has 0 bridgehead atoms. The molecule has 10 heteroatoms. The first-order valence-corrected chi connectivity index (χ1v) is 7.50. The van der Waals surface area contributed by atoms with Gasteiger partial charge in [-0.3, -0.25) is 14.8 Å². The van der Waals surface area contributed by atoms with E-state index in [1.807, 2.05) is 0 Å². The minimum absolute atomic E-state index is 0.111. The number of nitro benzene ring substituents is 1. The van der Waals surface area contributed by atoms with Crippen molar-refractivity contribution in [3.8, 4) is 5.75 Å². The lowest BCUT2D eigenvalue weighted by Crippen LogP contribution is -2.14. The maximum atomic E-state index is 12.1. The molecule has 0 aliphatic heterocycles. The van der Waals surface area contributed by atoms with Crippen molar-refractivity contribution >= 4 is 27.4 Å². The first-order chi connectivity index (χ1) is 10.7. The summed E-state index contributed by atoms with van der Waals surface area (Å²) in [4.78, 5) is 20.5. The standard InChI is InChI=1S/C13H10N2O7S/c16-12-6-1-8(7-11(12)13(17)18)14-23(21,22)10-4-2-9(3-5-10)15(19)20/h1-7,14,16H,(H,17,18)/p-1. The van der Waals surface area contributed by atoms with Crippen molar-refractivity contribution < 1.29 is 28.3 Å². The van der Waals surface area contributed by atoms with Crippen LogP contribution in [-0.2, 0) is 10.0 Å². The molecule has 0 spiro atoms. The fraction of sp³-hybridized carbons (Fsp3) is 0. The van der Waals surface area contributed by atoms with Crippen molar-refractivity contribution in [2.24, 2.45) is 0 Å². The van der Waals surface area contributed by atoms with E-state index in [0.29, 0.717) is 0 Å². The number of aromatic carboxylic acids is 1. The Morgan fingerprint density at radius 1 is 1.13 bits per heavy atom. The summed E-state index contributed by atoms with van der Waals surface area (Å²) in [5, 5.41) is 30.7. The van der Waals surface area contributed by atoms with Crippen LogP contribution in [0.2, 0.25) is 0 Å². The number of non-ortho nitro benzene ring substituents is 1. The van der Waals surface area contributed by atoms with Crippen molar-refractivity contribution in [3.05, 3.63) is 58.1 Å². The number of anilines is 1. The van der Waals surface area contributed by atoms with Crippen LogP contribution in [0.15, 0.2) is 47.4 Å². The van der Waals surface area contributed by atoms with Gasteiger partial charge in [0.25, 0.3) is 15.7 Å². The molecule has 0 radical (unpaired) electrons. The Bertz CT molecular complexity index is 876. The Morgan fingerprint density at radius 2 is 1.74 bits per heavy atom. The second-order valence-electron chi connectivity index (χ2n) is 4.37. The second kappa shape index (κ2) is 5.93. The number of nitro groups is 1. The summed E-state index contributed by atoms with van der Waals surface area (Å²) in [6.07, 6.45) is 0. The van der Waals surface area contributed by atoms with Crippen molar-refractivity contribution in [1.29, 1.82) is 0 Å². The predicted octanol–water partition coefficient (Wildman–Crippen LogP) is 1.17. The number of nitrogens with zero attached hydrogens (tertiary/aromatic N) is 1. The average molecular weight is 337 g/mol. The zero-order valence-electron chi connectivity index (χ0n) is 11.3. The second-order valence-corrected chi connectivity index (χ2v) is 6.06. The molecule has 120 valence electrons. The SMILES string of the molecule is O=C(O)c1cc(NS(=O)(=O)c2ccc([N+](=O)[O-])cc2)ccc1[O-]. The zero-order valence-corrected chi connectivity index (χ0v) is 12.1. The van der Waals surface area contributed by atoms with E-state index < -0.39 is 32.2 Å². The van der Waals surface area contributed by atoms with Gasteiger partial charge in [-0.2, -0.15) is 0 Å². The summed E-state index contributed by atoms with van der Waals surface area (Å²) < 4.78 is 26.4. The first kappa shape index (κ1) is 16.2. The molecule has 0 aliphatic rings. The van der Waals surface area contributed by atoms with Crippen LogP contribution in [0.5, 0.6) is 5.75 Å². The molecule has 23 heavy (non-hydrogen) atoms. The summed E-state index contributed by atoms with van der Waals surface area (Å²) >= 11 is 0. The molecule has 2 N–H and O–H groups in total. The van der Waals surface area contributed by atoms with E-state index in [-0.39, 0.29) is 16.3 Å². The van der Waals surface area contributed by atoms with Crippen LogP contribution in [0.25, 0.3) is 0 Å². The monoisotopic (exact) mass is 337 g/mol. The quantitative estimate of drug-likeness (QED) is 0.614. The van der Waals surface area contributed by atoms with Gasteiger partial charge in [0.05, 0.1) is 15.4 Å². The lowest BCUT2D eigenvalue weighted by molar-refractivity contribution is -0.384. The Kier molecular flexibility index (Phi) is 4.18. The molecule has 2 rings (SSSR count). The van der Waals surface area contributed by atoms with Gasteiger partial charge in [0.2, 0.25) is 0 Å². The molecule has 0 saturated heterocycles. The number of carbonyl (C=O) groups is 1. The smallest absolute Gasteiger partial charge is 0.335 e. The largest absolute Gasteiger partial charge is 0.872 e. The molecule has 0 amide bonds. The van der Waals surface area contributed by atoms with Crippen molar-refractivity contribution in [2.45, 2.75) is 4.90 Å². The third kappa shape index (κ3) is 3.55.